The Morgan fingerprint density at radius 1 is 2.00 bits per heavy atom. The summed E-state index contributed by atoms with van der Waals surface area (Å²) < 4.78 is 0. The van der Waals surface area contributed by atoms with Gasteiger partial charge in [0.05, 0.1) is 0 Å². The zero-order valence-corrected chi connectivity index (χ0v) is 3.31. The van der Waals surface area contributed by atoms with Crippen LogP contribution in [0.25, 0.3) is 0 Å². The van der Waals surface area contributed by atoms with Gasteiger partial charge in [-0.1, -0.05) is 0 Å². The van der Waals surface area contributed by atoms with Gasteiger partial charge in [0.15, 0.2) is 0 Å². The molecule has 0 amide bonds. The zero-order valence-electron chi connectivity index (χ0n) is 2.36. The summed E-state index contributed by atoms with van der Waals surface area (Å²) in [5.74, 6) is -0.940. The van der Waals surface area contributed by atoms with Crippen LogP contribution in [-0.4, -0.2) is 11.1 Å². The van der Waals surface area contributed by atoms with E-state index >= 15 is 0 Å². The molecule has 0 heterocycles. The molecule has 34 valence electrons. The molecule has 0 rings (SSSR count). The van der Waals surface area contributed by atoms with E-state index < -0.39 is 5.97 Å². The molecule has 5 heavy (non-hydrogen) atoms. The number of hydrogen-bond acceptors (Lipinski definition) is 1. The molecule has 0 aromatic heterocycles. The first-order chi connectivity index (χ1) is 2.27. The molecule has 0 aliphatic heterocycles. The molecular weight excluding hydrogens is 120 g/mol. The van der Waals surface area contributed by atoms with Crippen molar-refractivity contribution in [1.29, 1.82) is 0 Å². The second-order valence-electron chi connectivity index (χ2n) is 0.500. The van der Waals surface area contributed by atoms with Crippen LogP contribution in [0, 0.1) is 0 Å². The summed E-state index contributed by atoms with van der Waals surface area (Å²) in [4.78, 5) is 9.26. The topological polar surface area (TPSA) is 37.3 Å². The van der Waals surface area contributed by atoms with Crippen LogP contribution in [0.15, 0.2) is 0 Å². The van der Waals surface area contributed by atoms with Crippen molar-refractivity contribution in [3.63, 3.8) is 0 Å². The molecule has 0 unspecified atom stereocenters. The first kappa shape index (κ1) is 4.99. The Labute approximate surface area is 38.0 Å². The fourth-order valence-corrected chi connectivity index (χ4v) is 0. The number of aliphatic carboxylic acids is 1. The van der Waals surface area contributed by atoms with E-state index in [1.54, 1.807) is 0 Å². The van der Waals surface area contributed by atoms with E-state index in [0.717, 1.165) is 0 Å². The van der Waals surface area contributed by atoms with Crippen molar-refractivity contribution in [3.8, 4) is 0 Å². The van der Waals surface area contributed by atoms with E-state index in [1.807, 2.05) is 0 Å². The second kappa shape index (κ2) is 2.24. The Kier molecular flexibility index (Phi) is 2.24. The molecule has 0 atom stereocenters. The summed E-state index contributed by atoms with van der Waals surface area (Å²) in [5, 5.41) is 7.40. The van der Waals surface area contributed by atoms with Crippen molar-refractivity contribution in [2.24, 2.45) is 0 Å². The van der Waals surface area contributed by atoms with Gasteiger partial charge in [-0.05, 0) is 0 Å². The maximum atomic E-state index is 9.26. The van der Waals surface area contributed by atoms with Crippen LogP contribution in [0.3, 0.4) is 0 Å². The Hall–Kier alpha value is -0.0105. The van der Waals surface area contributed by atoms with Gasteiger partial charge in [0.25, 0.3) is 0 Å². The standard InChI is InChI=1S/C2H3O2.Cu/c1-2(3)4;/h1H2,(H,3,4);. The predicted octanol–water partition coefficient (Wildman–Crippen LogP) is 0.0361. The van der Waals surface area contributed by atoms with Crippen LogP contribution in [0.2, 0.25) is 5.32 Å². The Bertz CT molecular complexity index is 42.9. The van der Waals surface area contributed by atoms with Gasteiger partial charge in [-0.25, -0.2) is 0 Å². The quantitative estimate of drug-likeness (QED) is 0.499. The molecule has 0 saturated carbocycles. The van der Waals surface area contributed by atoms with Gasteiger partial charge >= 0.3 is 37.2 Å². The average Bonchev–Trinajstić information content (AvgIpc) is 1.38. The molecule has 0 bridgehead atoms. The fourth-order valence-electron chi connectivity index (χ4n) is 0. The maximum absolute atomic E-state index is 9.26. The van der Waals surface area contributed by atoms with Gasteiger partial charge in [0, 0.05) is 0 Å². The molecule has 0 fully saturated rings. The van der Waals surface area contributed by atoms with Gasteiger partial charge in [0.2, 0.25) is 0 Å². The minimum absolute atomic E-state index is 0.215. The van der Waals surface area contributed by atoms with Crippen LogP contribution < -0.4 is 0 Å². The number of carboxylic acids is 1. The van der Waals surface area contributed by atoms with Crippen molar-refractivity contribution in [1.82, 2.24) is 0 Å². The molecule has 0 aromatic carbocycles. The summed E-state index contributed by atoms with van der Waals surface area (Å²) >= 11 is 4.20. The summed E-state index contributed by atoms with van der Waals surface area (Å²) in [7, 11) is 0. The van der Waals surface area contributed by atoms with Crippen LogP contribution in [0.1, 0.15) is 0 Å². The summed E-state index contributed by atoms with van der Waals surface area (Å²) in [6, 6.07) is 0. The van der Waals surface area contributed by atoms with Crippen molar-refractivity contribution >= 4 is 5.97 Å². The van der Waals surface area contributed by atoms with Crippen molar-refractivity contribution < 1.29 is 25.9 Å². The molecule has 0 saturated heterocycles. The van der Waals surface area contributed by atoms with Gasteiger partial charge in [-0.15, -0.1) is 0 Å². The molecule has 0 aliphatic rings. The van der Waals surface area contributed by atoms with E-state index in [2.05, 4.69) is 16.0 Å². The summed E-state index contributed by atoms with van der Waals surface area (Å²) in [6.45, 7) is 0. The normalized spacial score (nSPS) is 7.60. The average molecular weight is 123 g/mol. The number of hydrogen-bond donors (Lipinski definition) is 1. The zero-order chi connectivity index (χ0) is 4.28. The van der Waals surface area contributed by atoms with Gasteiger partial charge in [-0.3, -0.25) is 0 Å². The summed E-state index contributed by atoms with van der Waals surface area (Å²) in [5.41, 5.74) is 0. The predicted molar refractivity (Wildman–Crippen MR) is 12.4 cm³/mol. The van der Waals surface area contributed by atoms with Gasteiger partial charge in [0.1, 0.15) is 0 Å². The van der Waals surface area contributed by atoms with E-state index in [4.69, 9.17) is 5.11 Å². The Balaban J connectivity index is 2.85. The Morgan fingerprint density at radius 2 is 2.20 bits per heavy atom. The van der Waals surface area contributed by atoms with Crippen molar-refractivity contribution in [2.75, 3.05) is 0 Å². The van der Waals surface area contributed by atoms with E-state index in [1.165, 1.54) is 0 Å². The Morgan fingerprint density at radius 3 is 2.20 bits per heavy atom. The monoisotopic (exact) mass is 122 g/mol. The number of carbonyl (C=O) groups is 1. The van der Waals surface area contributed by atoms with Crippen LogP contribution in [0.5, 0.6) is 0 Å². The first-order valence-electron chi connectivity index (χ1n) is 0.994. The summed E-state index contributed by atoms with van der Waals surface area (Å²) in [6.07, 6.45) is 0. The molecular formula is C2H3CuO2. The van der Waals surface area contributed by atoms with Crippen LogP contribution >= 0.6 is 0 Å². The van der Waals surface area contributed by atoms with Crippen LogP contribution in [-0.2, 0) is 20.8 Å². The van der Waals surface area contributed by atoms with Gasteiger partial charge < -0.3 is 0 Å². The first-order valence-corrected chi connectivity index (χ1v) is 1.66. The molecule has 1 N–H and O–H groups in total. The van der Waals surface area contributed by atoms with E-state index in [-0.39, 0.29) is 5.32 Å². The molecule has 0 spiro atoms. The third kappa shape index (κ3) is 3.99. The van der Waals surface area contributed by atoms with E-state index in [0.29, 0.717) is 0 Å². The number of carboxylic acid groups (broad SMARTS) is 1. The third-order valence-electron chi connectivity index (χ3n) is 0.0912. The SMILES string of the molecule is O=C(O)[CH2][Cu]. The van der Waals surface area contributed by atoms with E-state index in [9.17, 15) is 4.79 Å². The second-order valence-corrected chi connectivity index (χ2v) is 0.833. The fraction of sp³-hybridized carbons (Fsp3) is 0.500. The van der Waals surface area contributed by atoms with Crippen LogP contribution in [0.4, 0.5) is 0 Å². The molecule has 0 radical (unpaired) electrons. The minimum atomic E-state index is -0.940. The molecule has 3 heteroatoms. The molecule has 0 aliphatic carbocycles. The third-order valence-corrected chi connectivity index (χ3v) is 0.376. The molecule has 2 nitrogen and oxygen atoms in total. The van der Waals surface area contributed by atoms with Gasteiger partial charge in [-0.2, -0.15) is 0 Å². The molecule has 0 aromatic rings. The van der Waals surface area contributed by atoms with Crippen molar-refractivity contribution in [3.05, 3.63) is 0 Å². The number of rotatable bonds is 1. The van der Waals surface area contributed by atoms with Crippen molar-refractivity contribution in [2.45, 2.75) is 5.32 Å².